The fraction of sp³-hybridized carbons (Fsp3) is 0.421. The summed E-state index contributed by atoms with van der Waals surface area (Å²) < 4.78 is 15.2. The lowest BCUT2D eigenvalue weighted by Gasteiger charge is -2.37. The predicted octanol–water partition coefficient (Wildman–Crippen LogP) is 2.02. The molecule has 0 aliphatic carbocycles. The van der Waals surface area contributed by atoms with Gasteiger partial charge < -0.3 is 10.0 Å². The van der Waals surface area contributed by atoms with Crippen LogP contribution in [0, 0.1) is 5.82 Å². The Bertz CT molecular complexity index is 815. The van der Waals surface area contributed by atoms with Crippen LogP contribution >= 0.6 is 0 Å². The highest BCUT2D eigenvalue weighted by Crippen LogP contribution is 2.19. The normalized spacial score (nSPS) is 15.3. The molecule has 0 radical (unpaired) electrons. The average molecular weight is 374 g/mol. The number of carbonyl (C=O) groups excluding carboxylic acids is 1. The zero-order valence-electron chi connectivity index (χ0n) is 15.2. The summed E-state index contributed by atoms with van der Waals surface area (Å²) in [4.78, 5) is 27.3. The summed E-state index contributed by atoms with van der Waals surface area (Å²) in [6.45, 7) is 3.72. The highest BCUT2D eigenvalue weighted by Gasteiger charge is 2.28. The Morgan fingerprint density at radius 3 is 2.59 bits per heavy atom. The minimum absolute atomic E-state index is 0.0160. The van der Waals surface area contributed by atoms with Gasteiger partial charge in [-0.15, -0.1) is 0 Å². The topological polar surface area (TPSA) is 78.7 Å². The number of likely N-dealkylation sites (N-methyl/N-ethyl adjacent to an activating group) is 1. The number of nitrogens with zero attached hydrogens (tertiary/aromatic N) is 4. The number of piperidine rings is 1. The van der Waals surface area contributed by atoms with E-state index in [4.69, 9.17) is 5.11 Å². The number of para-hydroxylation sites is 1. The van der Waals surface area contributed by atoms with Crippen molar-refractivity contribution in [1.82, 2.24) is 19.6 Å². The van der Waals surface area contributed by atoms with Gasteiger partial charge in [0.1, 0.15) is 11.5 Å². The number of carboxylic acids is 1. The van der Waals surface area contributed by atoms with Gasteiger partial charge in [0.2, 0.25) is 0 Å². The monoisotopic (exact) mass is 374 g/mol. The molecule has 3 rings (SSSR count). The van der Waals surface area contributed by atoms with Crippen LogP contribution < -0.4 is 0 Å². The lowest BCUT2D eigenvalue weighted by atomic mass is 10.0. The third-order valence-corrected chi connectivity index (χ3v) is 4.92. The SMILES string of the molecule is CCN(CC(=O)O)C1CCN(C(=O)c2ccn(-c3ccccc3F)n2)CC1. The number of aromatic nitrogens is 2. The van der Waals surface area contributed by atoms with E-state index in [9.17, 15) is 14.0 Å². The second-order valence-corrected chi connectivity index (χ2v) is 6.58. The van der Waals surface area contributed by atoms with Crippen LogP contribution in [0.2, 0.25) is 0 Å². The molecule has 27 heavy (non-hydrogen) atoms. The molecule has 0 spiro atoms. The molecule has 1 aliphatic heterocycles. The van der Waals surface area contributed by atoms with Gasteiger partial charge in [-0.1, -0.05) is 19.1 Å². The Balaban J connectivity index is 1.63. The molecule has 1 aromatic carbocycles. The first kappa shape index (κ1) is 19.0. The van der Waals surface area contributed by atoms with Crippen LogP contribution in [-0.2, 0) is 4.79 Å². The molecule has 1 amide bonds. The Kier molecular flexibility index (Phi) is 5.85. The maximum Gasteiger partial charge on any atom is 0.317 e. The molecular formula is C19H23FN4O3. The zero-order valence-corrected chi connectivity index (χ0v) is 15.2. The fourth-order valence-electron chi connectivity index (χ4n) is 3.48. The van der Waals surface area contributed by atoms with E-state index < -0.39 is 11.8 Å². The van der Waals surface area contributed by atoms with Gasteiger partial charge in [0.05, 0.1) is 6.54 Å². The second kappa shape index (κ2) is 8.30. The van der Waals surface area contributed by atoms with Crippen molar-refractivity contribution < 1.29 is 19.1 Å². The molecule has 0 atom stereocenters. The Hall–Kier alpha value is -2.74. The number of hydrogen-bond donors (Lipinski definition) is 1. The summed E-state index contributed by atoms with van der Waals surface area (Å²) in [6.07, 6.45) is 3.02. The van der Waals surface area contributed by atoms with E-state index in [-0.39, 0.29) is 24.2 Å². The van der Waals surface area contributed by atoms with Crippen molar-refractivity contribution in [3.05, 3.63) is 48.0 Å². The fourth-order valence-corrected chi connectivity index (χ4v) is 3.48. The van der Waals surface area contributed by atoms with E-state index in [1.807, 2.05) is 11.8 Å². The maximum atomic E-state index is 13.9. The van der Waals surface area contributed by atoms with Crippen molar-refractivity contribution in [2.75, 3.05) is 26.2 Å². The van der Waals surface area contributed by atoms with Crippen LogP contribution in [0.3, 0.4) is 0 Å². The molecule has 2 aromatic rings. The number of halogens is 1. The molecule has 0 saturated carbocycles. The van der Waals surface area contributed by atoms with Crippen LogP contribution in [0.5, 0.6) is 0 Å². The van der Waals surface area contributed by atoms with Crippen molar-refractivity contribution in [3.63, 3.8) is 0 Å². The molecule has 0 bridgehead atoms. The predicted molar refractivity (Wildman–Crippen MR) is 97.3 cm³/mol. The summed E-state index contributed by atoms with van der Waals surface area (Å²) in [5, 5.41) is 13.2. The molecule has 1 N–H and O–H groups in total. The summed E-state index contributed by atoms with van der Waals surface area (Å²) in [5.74, 6) is -1.43. The summed E-state index contributed by atoms with van der Waals surface area (Å²) >= 11 is 0. The minimum Gasteiger partial charge on any atom is -0.480 e. The van der Waals surface area contributed by atoms with Gasteiger partial charge in [-0.3, -0.25) is 14.5 Å². The van der Waals surface area contributed by atoms with Gasteiger partial charge in [0.25, 0.3) is 5.91 Å². The number of benzene rings is 1. The molecule has 1 fully saturated rings. The van der Waals surface area contributed by atoms with Crippen molar-refractivity contribution in [3.8, 4) is 5.69 Å². The van der Waals surface area contributed by atoms with Gasteiger partial charge in [0.15, 0.2) is 5.69 Å². The van der Waals surface area contributed by atoms with Crippen LogP contribution in [0.4, 0.5) is 4.39 Å². The maximum absolute atomic E-state index is 13.9. The molecule has 7 nitrogen and oxygen atoms in total. The quantitative estimate of drug-likeness (QED) is 0.837. The van der Waals surface area contributed by atoms with Crippen molar-refractivity contribution in [2.45, 2.75) is 25.8 Å². The number of aliphatic carboxylic acids is 1. The Morgan fingerprint density at radius 2 is 1.96 bits per heavy atom. The lowest BCUT2D eigenvalue weighted by Crippen LogP contribution is -2.48. The molecular weight excluding hydrogens is 351 g/mol. The number of rotatable bonds is 6. The first-order valence-corrected chi connectivity index (χ1v) is 9.05. The van der Waals surface area contributed by atoms with Crippen LogP contribution in [0.25, 0.3) is 5.69 Å². The van der Waals surface area contributed by atoms with E-state index in [2.05, 4.69) is 5.10 Å². The molecule has 2 heterocycles. The smallest absolute Gasteiger partial charge is 0.317 e. The number of likely N-dealkylation sites (tertiary alicyclic amines) is 1. The molecule has 1 saturated heterocycles. The van der Waals surface area contributed by atoms with E-state index in [0.29, 0.717) is 25.3 Å². The third kappa shape index (κ3) is 4.33. The largest absolute Gasteiger partial charge is 0.480 e. The molecule has 8 heteroatoms. The number of carboxylic acid groups (broad SMARTS) is 1. The highest BCUT2D eigenvalue weighted by molar-refractivity contribution is 5.92. The van der Waals surface area contributed by atoms with Gasteiger partial charge in [-0.2, -0.15) is 5.10 Å². The number of amides is 1. The molecule has 1 aliphatic rings. The molecule has 0 unspecified atom stereocenters. The highest BCUT2D eigenvalue weighted by atomic mass is 19.1. The number of carbonyl (C=O) groups is 2. The first-order valence-electron chi connectivity index (χ1n) is 9.05. The average Bonchev–Trinajstić information content (AvgIpc) is 3.16. The van der Waals surface area contributed by atoms with Crippen molar-refractivity contribution in [1.29, 1.82) is 0 Å². The van der Waals surface area contributed by atoms with E-state index in [1.165, 1.54) is 10.7 Å². The van der Waals surface area contributed by atoms with Gasteiger partial charge >= 0.3 is 5.97 Å². The van der Waals surface area contributed by atoms with Crippen molar-refractivity contribution >= 4 is 11.9 Å². The Labute approximate surface area is 157 Å². The Morgan fingerprint density at radius 1 is 1.26 bits per heavy atom. The minimum atomic E-state index is -0.839. The summed E-state index contributed by atoms with van der Waals surface area (Å²) in [7, 11) is 0. The van der Waals surface area contributed by atoms with Crippen molar-refractivity contribution in [2.24, 2.45) is 0 Å². The van der Waals surface area contributed by atoms with Gasteiger partial charge in [-0.25, -0.2) is 9.07 Å². The van der Waals surface area contributed by atoms with Gasteiger partial charge in [0, 0.05) is 25.3 Å². The zero-order chi connectivity index (χ0) is 19.4. The van der Waals surface area contributed by atoms with E-state index in [1.54, 1.807) is 35.4 Å². The van der Waals surface area contributed by atoms with Crippen LogP contribution in [0.1, 0.15) is 30.3 Å². The second-order valence-electron chi connectivity index (χ2n) is 6.58. The summed E-state index contributed by atoms with van der Waals surface area (Å²) in [6, 6.07) is 8.00. The number of hydrogen-bond acceptors (Lipinski definition) is 4. The van der Waals surface area contributed by atoms with E-state index >= 15 is 0 Å². The van der Waals surface area contributed by atoms with Crippen LogP contribution in [0.15, 0.2) is 36.5 Å². The lowest BCUT2D eigenvalue weighted by molar-refractivity contribution is -0.139. The standard InChI is InChI=1S/C19H23FN4O3/c1-2-22(13-18(25)26)14-7-10-23(11-8-14)19(27)16-9-12-24(21-16)17-6-4-3-5-15(17)20/h3-6,9,12,14H,2,7-8,10-11,13H2,1H3,(H,25,26). The first-order chi connectivity index (χ1) is 13.0. The third-order valence-electron chi connectivity index (χ3n) is 4.92. The summed E-state index contributed by atoms with van der Waals surface area (Å²) in [5.41, 5.74) is 0.567. The van der Waals surface area contributed by atoms with E-state index in [0.717, 1.165) is 12.8 Å². The van der Waals surface area contributed by atoms with Crippen LogP contribution in [-0.4, -0.2) is 68.8 Å². The van der Waals surface area contributed by atoms with Gasteiger partial charge in [-0.05, 0) is 37.6 Å². The molecule has 144 valence electrons. The molecule has 1 aromatic heterocycles.